The molecule has 0 fully saturated rings. The summed E-state index contributed by atoms with van der Waals surface area (Å²) in [4.78, 5) is 15.2. The van der Waals surface area contributed by atoms with E-state index in [0.29, 0.717) is 12.3 Å². The Labute approximate surface area is 210 Å². The van der Waals surface area contributed by atoms with Crippen molar-refractivity contribution in [3.05, 3.63) is 59.8 Å². The largest absolute Gasteiger partial charge is 0.465 e. The molecule has 2 aromatic heterocycles. The predicted octanol–water partition coefficient (Wildman–Crippen LogP) is 6.19. The van der Waals surface area contributed by atoms with E-state index in [0.717, 1.165) is 17.2 Å². The number of nitrogens with one attached hydrogen (secondary N) is 1. The van der Waals surface area contributed by atoms with Crippen LogP contribution in [0.2, 0.25) is 23.2 Å². The number of ether oxygens (including phenoxy) is 1. The maximum Gasteiger partial charge on any atom is 0.405 e. The summed E-state index contributed by atoms with van der Waals surface area (Å²) in [6, 6.07) is 7.72. The minimum absolute atomic E-state index is 0.0188. The molecule has 0 saturated heterocycles. The van der Waals surface area contributed by atoms with Crippen LogP contribution in [0.3, 0.4) is 0 Å². The predicted molar refractivity (Wildman–Crippen MR) is 135 cm³/mol. The van der Waals surface area contributed by atoms with Crippen LogP contribution in [0, 0.1) is 5.82 Å². The van der Waals surface area contributed by atoms with Gasteiger partial charge in [-0.2, -0.15) is 5.10 Å². The maximum absolute atomic E-state index is 13.9. The molecule has 1 amide bonds. The van der Waals surface area contributed by atoms with Crippen molar-refractivity contribution in [1.82, 2.24) is 20.1 Å². The molecule has 0 bridgehead atoms. The third-order valence-electron chi connectivity index (χ3n) is 6.00. The maximum atomic E-state index is 13.9. The highest BCUT2D eigenvalue weighted by molar-refractivity contribution is 6.74. The van der Waals surface area contributed by atoms with Crippen LogP contribution >= 0.6 is 11.6 Å². The number of amides is 1. The quantitative estimate of drug-likeness (QED) is 0.326. The molecule has 11 heteroatoms. The van der Waals surface area contributed by atoms with E-state index in [-0.39, 0.29) is 22.5 Å². The fourth-order valence-corrected chi connectivity index (χ4v) is 4.18. The normalized spacial score (nSPS) is 12.9. The molecule has 188 valence electrons. The highest BCUT2D eigenvalue weighted by Gasteiger charge is 2.37. The summed E-state index contributed by atoms with van der Waals surface area (Å²) in [6.07, 6.45) is 3.73. The molecule has 35 heavy (non-hydrogen) atoms. The van der Waals surface area contributed by atoms with Gasteiger partial charge in [0, 0.05) is 18.0 Å². The second-order valence-electron chi connectivity index (χ2n) is 9.74. The number of pyridine rings is 1. The van der Waals surface area contributed by atoms with Crippen molar-refractivity contribution >= 4 is 26.0 Å². The summed E-state index contributed by atoms with van der Waals surface area (Å²) in [7, 11) is -2.03. The van der Waals surface area contributed by atoms with Gasteiger partial charge in [0.15, 0.2) is 14.1 Å². The number of carboxylic acid groups (broad SMARTS) is 1. The summed E-state index contributed by atoms with van der Waals surface area (Å²) < 4.78 is 27.3. The Morgan fingerprint density at radius 1 is 1.23 bits per heavy atom. The summed E-state index contributed by atoms with van der Waals surface area (Å²) >= 11 is 5.72. The van der Waals surface area contributed by atoms with Crippen LogP contribution in [-0.4, -0.2) is 46.9 Å². The van der Waals surface area contributed by atoms with Gasteiger partial charge >= 0.3 is 6.09 Å². The van der Waals surface area contributed by atoms with Crippen molar-refractivity contribution in [2.24, 2.45) is 0 Å². The number of hydrogen-bond donors (Lipinski definition) is 2. The van der Waals surface area contributed by atoms with Crippen LogP contribution < -0.4 is 10.1 Å². The number of hydrogen-bond acceptors (Lipinski definition) is 5. The Morgan fingerprint density at radius 2 is 1.91 bits per heavy atom. The number of carbonyl (C=O) groups is 1. The van der Waals surface area contributed by atoms with Crippen molar-refractivity contribution in [3.8, 4) is 22.8 Å². The molecule has 0 radical (unpaired) electrons. The van der Waals surface area contributed by atoms with E-state index in [1.807, 2.05) is 18.3 Å². The van der Waals surface area contributed by atoms with Gasteiger partial charge in [0.25, 0.3) is 5.88 Å². The van der Waals surface area contributed by atoms with Gasteiger partial charge in [-0.15, -0.1) is 0 Å². The zero-order valence-corrected chi connectivity index (χ0v) is 22.1. The van der Waals surface area contributed by atoms with Crippen LogP contribution in [0.1, 0.15) is 20.8 Å². The molecule has 1 unspecified atom stereocenters. The summed E-state index contributed by atoms with van der Waals surface area (Å²) in [5, 5.41) is 16.4. The van der Waals surface area contributed by atoms with Crippen LogP contribution in [0.25, 0.3) is 11.1 Å². The molecule has 0 aliphatic carbocycles. The van der Waals surface area contributed by atoms with Gasteiger partial charge in [0.2, 0.25) is 0 Å². The Balaban J connectivity index is 1.67. The molecule has 8 nitrogen and oxygen atoms in total. The second-order valence-corrected chi connectivity index (χ2v) is 15.0. The molecule has 3 aromatic rings. The van der Waals surface area contributed by atoms with E-state index >= 15 is 0 Å². The molecule has 2 heterocycles. The van der Waals surface area contributed by atoms with Gasteiger partial charge in [0.05, 0.1) is 30.4 Å². The average molecular weight is 521 g/mol. The number of aromatic nitrogens is 3. The van der Waals surface area contributed by atoms with Crippen molar-refractivity contribution in [3.63, 3.8) is 0 Å². The number of rotatable bonds is 9. The Bertz CT molecular complexity index is 1170. The molecule has 0 spiro atoms. The first-order valence-electron chi connectivity index (χ1n) is 11.1. The third-order valence-corrected chi connectivity index (χ3v) is 10.7. The van der Waals surface area contributed by atoms with Crippen LogP contribution in [0.15, 0.2) is 48.9 Å². The summed E-state index contributed by atoms with van der Waals surface area (Å²) in [6.45, 7) is 11.2. The van der Waals surface area contributed by atoms with Gasteiger partial charge in [-0.3, -0.25) is 4.68 Å². The van der Waals surface area contributed by atoms with Gasteiger partial charge in [-0.1, -0.05) is 44.5 Å². The number of benzene rings is 1. The Morgan fingerprint density at radius 3 is 2.51 bits per heavy atom. The smallest absolute Gasteiger partial charge is 0.405 e. The second kappa shape index (κ2) is 10.8. The molecule has 1 atom stereocenters. The molecule has 1 aromatic carbocycles. The summed E-state index contributed by atoms with van der Waals surface area (Å²) in [5.41, 5.74) is 1.71. The lowest BCUT2D eigenvalue weighted by molar-refractivity contribution is 0.173. The first kappa shape index (κ1) is 26.6. The molecular weight excluding hydrogens is 491 g/mol. The zero-order chi connectivity index (χ0) is 25.8. The fourth-order valence-electron chi connectivity index (χ4n) is 2.98. The van der Waals surface area contributed by atoms with E-state index < -0.39 is 26.3 Å². The third kappa shape index (κ3) is 7.27. The van der Waals surface area contributed by atoms with Crippen LogP contribution in [0.4, 0.5) is 9.18 Å². The van der Waals surface area contributed by atoms with Gasteiger partial charge in [0.1, 0.15) is 5.75 Å². The highest BCUT2D eigenvalue weighted by atomic mass is 35.5. The topological polar surface area (TPSA) is 98.5 Å². The molecule has 0 saturated carbocycles. The molecule has 2 N–H and O–H groups in total. The van der Waals surface area contributed by atoms with Crippen LogP contribution in [0.5, 0.6) is 11.6 Å². The van der Waals surface area contributed by atoms with Crippen molar-refractivity contribution in [2.45, 2.75) is 51.5 Å². The van der Waals surface area contributed by atoms with Gasteiger partial charge in [-0.25, -0.2) is 14.2 Å². The lowest BCUT2D eigenvalue weighted by Crippen LogP contribution is -2.47. The van der Waals surface area contributed by atoms with Gasteiger partial charge < -0.3 is 19.6 Å². The fraction of sp³-hybridized carbons (Fsp3) is 0.375. The Kier molecular flexibility index (Phi) is 8.19. The van der Waals surface area contributed by atoms with Crippen molar-refractivity contribution < 1.29 is 23.5 Å². The first-order chi connectivity index (χ1) is 16.3. The van der Waals surface area contributed by atoms with E-state index in [1.165, 1.54) is 6.20 Å². The monoisotopic (exact) mass is 520 g/mol. The summed E-state index contributed by atoms with van der Waals surface area (Å²) in [5.74, 6) is -0.389. The lowest BCUT2D eigenvalue weighted by atomic mass is 10.1. The number of nitrogens with zero attached hydrogens (tertiary/aromatic N) is 3. The molecule has 0 aliphatic rings. The van der Waals surface area contributed by atoms with Gasteiger partial charge in [-0.05, 0) is 41.9 Å². The molecule has 3 rings (SSSR count). The Hall–Kier alpha value is -2.95. The lowest BCUT2D eigenvalue weighted by Gasteiger charge is -2.37. The molecule has 0 aliphatic heterocycles. The van der Waals surface area contributed by atoms with E-state index in [2.05, 4.69) is 49.3 Å². The average Bonchev–Trinajstić information content (AvgIpc) is 3.22. The first-order valence-corrected chi connectivity index (χ1v) is 14.4. The minimum Gasteiger partial charge on any atom is -0.465 e. The molecular formula is C24H30ClFN4O4Si. The van der Waals surface area contributed by atoms with Crippen LogP contribution in [-0.2, 0) is 11.0 Å². The zero-order valence-electron chi connectivity index (χ0n) is 20.4. The number of halogens is 2. The van der Waals surface area contributed by atoms with Crippen molar-refractivity contribution in [2.75, 3.05) is 6.61 Å². The van der Waals surface area contributed by atoms with E-state index in [4.69, 9.17) is 20.8 Å². The van der Waals surface area contributed by atoms with Crippen molar-refractivity contribution in [1.29, 1.82) is 0 Å². The SMILES string of the molecule is CC(C)(C)[Si](C)(C)OCC(Cn1cc(-c2ccc(Oc3ncc(Cl)cc3F)cc2)cn1)NC(=O)O. The van der Waals surface area contributed by atoms with E-state index in [9.17, 15) is 14.3 Å². The standard InChI is InChI=1S/C24H30ClFN4O4Si/c1-24(2,3)35(4,5)33-15-19(29-23(31)32)14-30-13-17(11-28-30)16-6-8-20(9-7-16)34-22-21(26)10-18(25)12-27-22/h6-13,19,29H,14-15H2,1-5H3,(H,31,32). The van der Waals surface area contributed by atoms with E-state index in [1.54, 1.807) is 23.0 Å². The highest BCUT2D eigenvalue weighted by Crippen LogP contribution is 2.36. The minimum atomic E-state index is -2.03.